The molecule has 1 atom stereocenters. The van der Waals surface area contributed by atoms with E-state index in [-0.39, 0.29) is 31.1 Å². The van der Waals surface area contributed by atoms with E-state index < -0.39 is 6.10 Å². The van der Waals surface area contributed by atoms with Crippen LogP contribution in [0.1, 0.15) is 342 Å². The largest absolute Gasteiger partial charge is 0.462 e. The molecule has 0 saturated heterocycles. The Morgan fingerprint density at radius 1 is 0.284 bits per heavy atom. The highest BCUT2D eigenvalue weighted by atomic mass is 16.6. The molecule has 1 unspecified atom stereocenters. The molecule has 0 saturated carbocycles. The lowest BCUT2D eigenvalue weighted by molar-refractivity contribution is -0.167. The van der Waals surface area contributed by atoms with E-state index in [0.29, 0.717) is 19.3 Å². The SMILES string of the molecule is CCCC/C=C\CCCCCCCC(=O)OCC(COC(=O)CCCCCCCCCCCCCCCCCCCCCCCCCCCC)OC(=O)CCCCCCCCCCCCCC. The second kappa shape index (κ2) is 56.7. The lowest BCUT2D eigenvalue weighted by Gasteiger charge is -2.18. The number of rotatable bonds is 56. The first-order chi connectivity index (χ1) is 33.0. The van der Waals surface area contributed by atoms with Crippen molar-refractivity contribution >= 4 is 17.9 Å². The maximum atomic E-state index is 12.8. The molecule has 396 valence electrons. The molecule has 0 aliphatic rings. The molecule has 6 heteroatoms. The summed E-state index contributed by atoms with van der Waals surface area (Å²) < 4.78 is 16.8. The van der Waals surface area contributed by atoms with Crippen molar-refractivity contribution in [2.24, 2.45) is 0 Å². The minimum atomic E-state index is -0.767. The topological polar surface area (TPSA) is 78.9 Å². The molecule has 6 nitrogen and oxygen atoms in total. The van der Waals surface area contributed by atoms with Gasteiger partial charge in [0.25, 0.3) is 0 Å². The van der Waals surface area contributed by atoms with Crippen LogP contribution in [0.4, 0.5) is 0 Å². The van der Waals surface area contributed by atoms with Crippen molar-refractivity contribution in [3.8, 4) is 0 Å². The van der Waals surface area contributed by atoms with Crippen molar-refractivity contribution in [3.05, 3.63) is 12.2 Å². The summed E-state index contributed by atoms with van der Waals surface area (Å²) >= 11 is 0. The van der Waals surface area contributed by atoms with Crippen LogP contribution in [0, 0.1) is 0 Å². The molecule has 67 heavy (non-hydrogen) atoms. The number of carbonyl (C=O) groups excluding carboxylic acids is 3. The quantitative estimate of drug-likeness (QED) is 0.0262. The molecule has 0 radical (unpaired) electrons. The Kier molecular flexibility index (Phi) is 55.2. The number of hydrogen-bond acceptors (Lipinski definition) is 6. The molecule has 0 heterocycles. The van der Waals surface area contributed by atoms with Gasteiger partial charge in [0.05, 0.1) is 0 Å². The zero-order valence-corrected chi connectivity index (χ0v) is 45.5. The van der Waals surface area contributed by atoms with Crippen LogP contribution in [-0.2, 0) is 28.6 Å². The van der Waals surface area contributed by atoms with Gasteiger partial charge in [-0.1, -0.05) is 296 Å². The lowest BCUT2D eigenvalue weighted by Crippen LogP contribution is -2.30. The van der Waals surface area contributed by atoms with Crippen molar-refractivity contribution in [3.63, 3.8) is 0 Å². The van der Waals surface area contributed by atoms with Gasteiger partial charge in [0.1, 0.15) is 13.2 Å². The van der Waals surface area contributed by atoms with E-state index in [1.165, 1.54) is 238 Å². The van der Waals surface area contributed by atoms with Crippen molar-refractivity contribution in [2.75, 3.05) is 13.2 Å². The monoisotopic (exact) mass is 945 g/mol. The fraction of sp³-hybridized carbons (Fsp3) is 0.918. The van der Waals surface area contributed by atoms with Crippen molar-refractivity contribution < 1.29 is 28.6 Å². The van der Waals surface area contributed by atoms with Crippen LogP contribution in [0.15, 0.2) is 12.2 Å². The first kappa shape index (κ1) is 65.1. The lowest BCUT2D eigenvalue weighted by atomic mass is 10.0. The summed E-state index contributed by atoms with van der Waals surface area (Å²) in [5.74, 6) is -0.855. The Balaban J connectivity index is 4.10. The van der Waals surface area contributed by atoms with E-state index in [1.807, 2.05) is 0 Å². The Labute approximate surface area is 418 Å². The third-order valence-corrected chi connectivity index (χ3v) is 13.8. The molecular weight excluding hydrogens is 829 g/mol. The number of esters is 3. The summed E-state index contributed by atoms with van der Waals surface area (Å²) in [7, 11) is 0. The number of allylic oxidation sites excluding steroid dienone is 2. The highest BCUT2D eigenvalue weighted by Gasteiger charge is 2.19. The van der Waals surface area contributed by atoms with Gasteiger partial charge in [0.15, 0.2) is 6.10 Å². The summed E-state index contributed by atoms with van der Waals surface area (Å²) in [4.78, 5) is 38.0. The van der Waals surface area contributed by atoms with Gasteiger partial charge in [-0.25, -0.2) is 0 Å². The van der Waals surface area contributed by atoms with E-state index in [4.69, 9.17) is 14.2 Å². The summed E-state index contributed by atoms with van der Waals surface area (Å²) in [5, 5.41) is 0. The van der Waals surface area contributed by atoms with Crippen LogP contribution in [-0.4, -0.2) is 37.2 Å². The second-order valence-corrected chi connectivity index (χ2v) is 20.6. The zero-order chi connectivity index (χ0) is 48.6. The number of ether oxygens (including phenoxy) is 3. The van der Waals surface area contributed by atoms with Crippen LogP contribution in [0.5, 0.6) is 0 Å². The van der Waals surface area contributed by atoms with E-state index >= 15 is 0 Å². The summed E-state index contributed by atoms with van der Waals surface area (Å²) in [6.45, 7) is 6.65. The van der Waals surface area contributed by atoms with Gasteiger partial charge >= 0.3 is 17.9 Å². The Hall–Kier alpha value is -1.85. The standard InChI is InChI=1S/C61H116O6/c1-4-7-10-13-16-19-22-24-25-26-27-28-29-30-31-32-33-34-35-36-37-40-42-45-48-51-54-60(63)66-57-58(56-65-59(62)53-50-47-44-41-38-21-18-15-12-9-6-3)67-61(64)55-52-49-46-43-39-23-20-17-14-11-8-5-2/h15,18,58H,4-14,16-17,19-57H2,1-3H3/b18-15-. The highest BCUT2D eigenvalue weighted by Crippen LogP contribution is 2.18. The van der Waals surface area contributed by atoms with Crippen LogP contribution in [0.25, 0.3) is 0 Å². The maximum absolute atomic E-state index is 12.8. The van der Waals surface area contributed by atoms with Crippen molar-refractivity contribution in [1.29, 1.82) is 0 Å². The van der Waals surface area contributed by atoms with E-state index in [1.54, 1.807) is 0 Å². The third-order valence-electron chi connectivity index (χ3n) is 13.8. The molecule has 0 aliphatic carbocycles. The zero-order valence-electron chi connectivity index (χ0n) is 45.5. The van der Waals surface area contributed by atoms with E-state index in [9.17, 15) is 14.4 Å². The van der Waals surface area contributed by atoms with Crippen LogP contribution in [0.2, 0.25) is 0 Å². The van der Waals surface area contributed by atoms with Gasteiger partial charge in [-0.05, 0) is 38.5 Å². The van der Waals surface area contributed by atoms with Gasteiger partial charge in [-0.15, -0.1) is 0 Å². The Morgan fingerprint density at radius 3 is 0.791 bits per heavy atom. The number of hydrogen-bond donors (Lipinski definition) is 0. The normalized spacial score (nSPS) is 12.0. The highest BCUT2D eigenvalue weighted by molar-refractivity contribution is 5.71. The number of unbranched alkanes of at least 4 members (excludes halogenated alkanes) is 43. The number of carbonyl (C=O) groups is 3. The van der Waals surface area contributed by atoms with Crippen LogP contribution < -0.4 is 0 Å². The van der Waals surface area contributed by atoms with Gasteiger partial charge in [0, 0.05) is 19.3 Å². The van der Waals surface area contributed by atoms with E-state index in [2.05, 4.69) is 32.9 Å². The fourth-order valence-corrected chi connectivity index (χ4v) is 9.19. The molecule has 0 aromatic rings. The molecule has 0 N–H and O–H groups in total. The molecule has 0 aliphatic heterocycles. The van der Waals surface area contributed by atoms with Crippen LogP contribution in [0.3, 0.4) is 0 Å². The Morgan fingerprint density at radius 2 is 0.507 bits per heavy atom. The molecule has 0 aromatic heterocycles. The van der Waals surface area contributed by atoms with Crippen molar-refractivity contribution in [1.82, 2.24) is 0 Å². The van der Waals surface area contributed by atoms with Gasteiger partial charge < -0.3 is 14.2 Å². The molecule has 0 fully saturated rings. The second-order valence-electron chi connectivity index (χ2n) is 20.6. The molecule has 0 aromatic carbocycles. The van der Waals surface area contributed by atoms with Gasteiger partial charge in [-0.3, -0.25) is 14.4 Å². The van der Waals surface area contributed by atoms with Gasteiger partial charge in [-0.2, -0.15) is 0 Å². The first-order valence-electron chi connectivity index (χ1n) is 30.2. The average molecular weight is 946 g/mol. The van der Waals surface area contributed by atoms with E-state index in [0.717, 1.165) is 64.2 Å². The molecule has 0 amide bonds. The molecule has 0 spiro atoms. The average Bonchev–Trinajstić information content (AvgIpc) is 3.33. The Bertz CT molecular complexity index is 1040. The fourth-order valence-electron chi connectivity index (χ4n) is 9.19. The molecular formula is C61H116O6. The summed E-state index contributed by atoms with van der Waals surface area (Å²) in [5.41, 5.74) is 0. The van der Waals surface area contributed by atoms with Crippen molar-refractivity contribution in [2.45, 2.75) is 348 Å². The van der Waals surface area contributed by atoms with Crippen LogP contribution >= 0.6 is 0 Å². The predicted octanol–water partition coefficient (Wildman–Crippen LogP) is 20.1. The first-order valence-corrected chi connectivity index (χ1v) is 30.2. The smallest absolute Gasteiger partial charge is 0.306 e. The minimum Gasteiger partial charge on any atom is -0.462 e. The molecule has 0 bridgehead atoms. The van der Waals surface area contributed by atoms with Gasteiger partial charge in [0.2, 0.25) is 0 Å². The summed E-state index contributed by atoms with van der Waals surface area (Å²) in [6.07, 6.45) is 65.2. The third kappa shape index (κ3) is 55.0. The maximum Gasteiger partial charge on any atom is 0.306 e. The molecule has 0 rings (SSSR count). The predicted molar refractivity (Wildman–Crippen MR) is 289 cm³/mol. The minimum absolute atomic E-state index is 0.0668. The summed E-state index contributed by atoms with van der Waals surface area (Å²) in [6, 6.07) is 0.